The molecule has 0 heterocycles. The Labute approximate surface area is 123 Å². The largest absolute Gasteiger partial charge is 0.478 e. The van der Waals surface area contributed by atoms with Crippen LogP contribution >= 0.6 is 23.2 Å². The van der Waals surface area contributed by atoms with Crippen LogP contribution in [0.2, 0.25) is 10.0 Å². The molecule has 0 saturated heterocycles. The molecular formula is C15H16Cl2O2. The van der Waals surface area contributed by atoms with E-state index in [0.29, 0.717) is 21.5 Å². The van der Waals surface area contributed by atoms with Crippen LogP contribution in [-0.2, 0) is 10.2 Å². The Morgan fingerprint density at radius 1 is 1.37 bits per heavy atom. The molecule has 1 N–H and O–H groups in total. The standard InChI is InChI=1S/C15H16Cl2O2/c1-9-3-5-11(14(18)19)15(2,8-9)10-4-6-12(16)13(17)7-10/h4-7,9H,3,8H2,1-2H3,(H,18,19)/t9-,15-/m1/s1. The van der Waals surface area contributed by atoms with E-state index in [4.69, 9.17) is 23.2 Å². The maximum absolute atomic E-state index is 11.5. The fraction of sp³-hybridized carbons (Fsp3) is 0.400. The minimum Gasteiger partial charge on any atom is -0.478 e. The summed E-state index contributed by atoms with van der Waals surface area (Å²) < 4.78 is 0. The molecule has 0 spiro atoms. The van der Waals surface area contributed by atoms with E-state index in [1.165, 1.54) is 0 Å². The fourth-order valence-corrected chi connectivity index (χ4v) is 3.17. The average molecular weight is 299 g/mol. The van der Waals surface area contributed by atoms with Gasteiger partial charge >= 0.3 is 5.97 Å². The Bertz CT molecular complexity index is 551. The first-order valence-electron chi connectivity index (χ1n) is 6.24. The molecule has 2 atom stereocenters. The van der Waals surface area contributed by atoms with Gasteiger partial charge in [0.2, 0.25) is 0 Å². The summed E-state index contributed by atoms with van der Waals surface area (Å²) in [7, 11) is 0. The fourth-order valence-electron chi connectivity index (χ4n) is 2.87. The van der Waals surface area contributed by atoms with Gasteiger partial charge in [0.15, 0.2) is 0 Å². The number of allylic oxidation sites excluding steroid dienone is 1. The summed E-state index contributed by atoms with van der Waals surface area (Å²) in [5.74, 6) is -0.414. The number of hydrogen-bond donors (Lipinski definition) is 1. The van der Waals surface area contributed by atoms with Crippen molar-refractivity contribution in [2.45, 2.75) is 32.1 Å². The number of benzene rings is 1. The van der Waals surface area contributed by atoms with Gasteiger partial charge in [0, 0.05) is 11.0 Å². The Morgan fingerprint density at radius 3 is 2.63 bits per heavy atom. The maximum atomic E-state index is 11.5. The van der Waals surface area contributed by atoms with E-state index in [0.717, 1.165) is 18.4 Å². The molecule has 0 saturated carbocycles. The molecular weight excluding hydrogens is 283 g/mol. The predicted molar refractivity (Wildman–Crippen MR) is 77.9 cm³/mol. The van der Waals surface area contributed by atoms with E-state index in [-0.39, 0.29) is 0 Å². The molecule has 1 aromatic rings. The van der Waals surface area contributed by atoms with Crippen molar-refractivity contribution in [3.8, 4) is 0 Å². The van der Waals surface area contributed by atoms with Crippen LogP contribution in [0.15, 0.2) is 29.8 Å². The molecule has 0 amide bonds. The first-order valence-corrected chi connectivity index (χ1v) is 6.99. The zero-order chi connectivity index (χ0) is 14.2. The van der Waals surface area contributed by atoms with Crippen molar-refractivity contribution >= 4 is 29.2 Å². The van der Waals surface area contributed by atoms with Gasteiger partial charge < -0.3 is 5.11 Å². The summed E-state index contributed by atoms with van der Waals surface area (Å²) in [6, 6.07) is 5.37. The van der Waals surface area contributed by atoms with Gasteiger partial charge in [-0.2, -0.15) is 0 Å². The number of carbonyl (C=O) groups is 1. The Morgan fingerprint density at radius 2 is 2.05 bits per heavy atom. The first kappa shape index (κ1) is 14.4. The highest BCUT2D eigenvalue weighted by Gasteiger charge is 2.39. The summed E-state index contributed by atoms with van der Waals surface area (Å²) in [5, 5.41) is 10.4. The van der Waals surface area contributed by atoms with Crippen LogP contribution in [-0.4, -0.2) is 11.1 Å². The highest BCUT2D eigenvalue weighted by Crippen LogP contribution is 2.43. The SMILES string of the molecule is C[C@@H]1CC=C(C(=O)O)[C@@](C)(c2ccc(Cl)c(Cl)c2)C1. The smallest absolute Gasteiger partial charge is 0.332 e. The number of halogens is 2. The Kier molecular flexibility index (Phi) is 3.93. The zero-order valence-corrected chi connectivity index (χ0v) is 12.4. The second kappa shape index (κ2) is 5.18. The molecule has 1 aliphatic rings. The maximum Gasteiger partial charge on any atom is 0.332 e. The van der Waals surface area contributed by atoms with Gasteiger partial charge in [-0.25, -0.2) is 4.79 Å². The molecule has 102 valence electrons. The Balaban J connectivity index is 2.54. The number of aliphatic carboxylic acids is 1. The van der Waals surface area contributed by atoms with Crippen molar-refractivity contribution in [1.82, 2.24) is 0 Å². The highest BCUT2D eigenvalue weighted by molar-refractivity contribution is 6.42. The molecule has 19 heavy (non-hydrogen) atoms. The topological polar surface area (TPSA) is 37.3 Å². The first-order chi connectivity index (χ1) is 8.84. The number of hydrogen-bond acceptors (Lipinski definition) is 1. The lowest BCUT2D eigenvalue weighted by atomic mass is 9.66. The van der Waals surface area contributed by atoms with Crippen LogP contribution in [0.25, 0.3) is 0 Å². The third kappa shape index (κ3) is 2.65. The molecule has 0 aliphatic heterocycles. The van der Waals surface area contributed by atoms with Crippen LogP contribution in [0.1, 0.15) is 32.3 Å². The minimum atomic E-state index is -0.861. The summed E-state index contributed by atoms with van der Waals surface area (Å²) in [5.41, 5.74) is 0.837. The molecule has 0 fully saturated rings. The normalized spacial score (nSPS) is 26.9. The summed E-state index contributed by atoms with van der Waals surface area (Å²) in [6.45, 7) is 4.09. The summed E-state index contributed by atoms with van der Waals surface area (Å²) in [6.07, 6.45) is 3.43. The van der Waals surface area contributed by atoms with E-state index in [2.05, 4.69) is 6.92 Å². The van der Waals surface area contributed by atoms with Crippen LogP contribution in [0.3, 0.4) is 0 Å². The summed E-state index contributed by atoms with van der Waals surface area (Å²) >= 11 is 12.0. The molecule has 0 unspecified atom stereocenters. The average Bonchev–Trinajstić information content (AvgIpc) is 2.31. The third-order valence-electron chi connectivity index (χ3n) is 3.86. The number of carboxylic acid groups (broad SMARTS) is 1. The monoisotopic (exact) mass is 298 g/mol. The zero-order valence-electron chi connectivity index (χ0n) is 10.9. The van der Waals surface area contributed by atoms with Crippen molar-refractivity contribution < 1.29 is 9.90 Å². The van der Waals surface area contributed by atoms with Crippen molar-refractivity contribution in [2.24, 2.45) is 5.92 Å². The third-order valence-corrected chi connectivity index (χ3v) is 4.60. The Hall–Kier alpha value is -0.990. The van der Waals surface area contributed by atoms with E-state index < -0.39 is 11.4 Å². The number of rotatable bonds is 2. The second-order valence-corrected chi connectivity index (χ2v) is 6.24. The highest BCUT2D eigenvalue weighted by atomic mass is 35.5. The van der Waals surface area contributed by atoms with Crippen molar-refractivity contribution in [2.75, 3.05) is 0 Å². The van der Waals surface area contributed by atoms with Crippen molar-refractivity contribution in [3.05, 3.63) is 45.5 Å². The molecule has 1 aliphatic carbocycles. The van der Waals surface area contributed by atoms with Crippen LogP contribution in [0.5, 0.6) is 0 Å². The molecule has 2 nitrogen and oxygen atoms in total. The van der Waals surface area contributed by atoms with Crippen LogP contribution < -0.4 is 0 Å². The molecule has 0 aromatic heterocycles. The van der Waals surface area contributed by atoms with Gasteiger partial charge in [0.05, 0.1) is 10.0 Å². The van der Waals surface area contributed by atoms with Gasteiger partial charge in [0.1, 0.15) is 0 Å². The van der Waals surface area contributed by atoms with E-state index in [9.17, 15) is 9.90 Å². The lowest BCUT2D eigenvalue weighted by Gasteiger charge is -2.37. The summed E-state index contributed by atoms with van der Waals surface area (Å²) in [4.78, 5) is 11.5. The van der Waals surface area contributed by atoms with Crippen molar-refractivity contribution in [1.29, 1.82) is 0 Å². The van der Waals surface area contributed by atoms with Crippen molar-refractivity contribution in [3.63, 3.8) is 0 Å². The van der Waals surface area contributed by atoms with Crippen LogP contribution in [0, 0.1) is 5.92 Å². The molecule has 4 heteroatoms. The molecule has 0 radical (unpaired) electrons. The minimum absolute atomic E-state index is 0.447. The lowest BCUT2D eigenvalue weighted by Crippen LogP contribution is -2.34. The molecule has 2 rings (SSSR count). The van der Waals surface area contributed by atoms with Gasteiger partial charge in [-0.05, 0) is 36.5 Å². The van der Waals surface area contributed by atoms with E-state index >= 15 is 0 Å². The van der Waals surface area contributed by atoms with E-state index in [1.54, 1.807) is 12.1 Å². The number of carboxylic acids is 1. The second-order valence-electron chi connectivity index (χ2n) is 5.43. The van der Waals surface area contributed by atoms with Gasteiger partial charge in [-0.15, -0.1) is 0 Å². The van der Waals surface area contributed by atoms with E-state index in [1.807, 2.05) is 19.1 Å². The molecule has 1 aromatic carbocycles. The van der Waals surface area contributed by atoms with Gasteiger partial charge in [-0.1, -0.05) is 49.2 Å². The lowest BCUT2D eigenvalue weighted by molar-refractivity contribution is -0.133. The quantitative estimate of drug-likeness (QED) is 0.860. The van der Waals surface area contributed by atoms with Crippen LogP contribution in [0.4, 0.5) is 0 Å². The molecule has 0 bridgehead atoms. The predicted octanol–water partition coefficient (Wildman–Crippen LogP) is 4.69. The van der Waals surface area contributed by atoms with Gasteiger partial charge in [0.25, 0.3) is 0 Å². The van der Waals surface area contributed by atoms with Gasteiger partial charge in [-0.3, -0.25) is 0 Å².